The molecule has 1 N–H and O–H groups in total. The Kier molecular flexibility index (Phi) is 4.63. The Bertz CT molecular complexity index is 1270. The Morgan fingerprint density at radius 3 is 2.50 bits per heavy atom. The number of carboxylic acid groups (broad SMARTS) is 1. The van der Waals surface area contributed by atoms with Crippen molar-refractivity contribution < 1.29 is 9.90 Å². The summed E-state index contributed by atoms with van der Waals surface area (Å²) in [5.41, 5.74) is 3.36. The lowest BCUT2D eigenvalue weighted by Gasteiger charge is -2.03. The van der Waals surface area contributed by atoms with Crippen LogP contribution in [0.4, 0.5) is 0 Å². The highest BCUT2D eigenvalue weighted by atomic mass is 32.1. The Morgan fingerprint density at radius 2 is 1.79 bits per heavy atom. The van der Waals surface area contributed by atoms with Gasteiger partial charge in [-0.1, -0.05) is 72.0 Å². The predicted molar refractivity (Wildman–Crippen MR) is 112 cm³/mol. The number of fused-ring (bicyclic) bond motifs is 1. The zero-order valence-corrected chi connectivity index (χ0v) is 15.8. The van der Waals surface area contributed by atoms with Crippen molar-refractivity contribution in [3.8, 4) is 11.3 Å². The van der Waals surface area contributed by atoms with E-state index >= 15 is 0 Å². The molecule has 0 spiro atoms. The molecule has 0 amide bonds. The summed E-state index contributed by atoms with van der Waals surface area (Å²) in [6.45, 7) is 2.01. The molecule has 2 aromatic heterocycles. The second kappa shape index (κ2) is 7.25. The molecule has 0 bridgehead atoms. The number of thiazole rings is 1. The molecule has 6 heteroatoms. The van der Waals surface area contributed by atoms with Crippen LogP contribution < -0.4 is 5.56 Å². The number of benzene rings is 2. The van der Waals surface area contributed by atoms with E-state index in [9.17, 15) is 14.7 Å². The van der Waals surface area contributed by atoms with E-state index in [0.717, 1.165) is 22.5 Å². The highest BCUT2D eigenvalue weighted by Crippen LogP contribution is 2.30. The molecule has 4 rings (SSSR count). The van der Waals surface area contributed by atoms with Crippen molar-refractivity contribution in [2.75, 3.05) is 0 Å². The minimum absolute atomic E-state index is 0.0934. The summed E-state index contributed by atoms with van der Waals surface area (Å²) in [6, 6.07) is 18.4. The van der Waals surface area contributed by atoms with Crippen LogP contribution in [0.15, 0.2) is 65.5 Å². The van der Waals surface area contributed by atoms with E-state index in [0.29, 0.717) is 21.9 Å². The molecule has 138 valence electrons. The summed E-state index contributed by atoms with van der Waals surface area (Å²) in [7, 11) is 0. The molecular weight excluding hydrogens is 372 g/mol. The molecule has 0 fully saturated rings. The van der Waals surface area contributed by atoms with Gasteiger partial charge in [-0.05, 0) is 24.1 Å². The maximum atomic E-state index is 12.8. The van der Waals surface area contributed by atoms with Crippen molar-refractivity contribution in [3.63, 3.8) is 0 Å². The normalized spacial score (nSPS) is 11.3. The number of nitrogens with zero attached hydrogens (tertiary/aromatic N) is 2. The highest BCUT2D eigenvalue weighted by molar-refractivity contribution is 7.19. The third-order valence-electron chi connectivity index (χ3n) is 4.40. The molecule has 0 aliphatic rings. The van der Waals surface area contributed by atoms with E-state index in [2.05, 4.69) is 4.98 Å². The molecule has 0 radical (unpaired) electrons. The molecule has 0 aliphatic carbocycles. The standard InChI is InChI=1S/C22H16N2O3S/c1-14-7-5-6-8-15(14)11-12-17-13-18(25)24-19(16-9-3-2-4-10-16)20(21(26)27)28-22(24)23-17/h2-13H,1H3,(H,26,27)/b12-11+. The van der Waals surface area contributed by atoms with Crippen LogP contribution in [0.25, 0.3) is 28.4 Å². The molecule has 0 atom stereocenters. The van der Waals surface area contributed by atoms with E-state index in [4.69, 9.17) is 0 Å². The number of hydrogen-bond acceptors (Lipinski definition) is 4. The topological polar surface area (TPSA) is 71.7 Å². The fourth-order valence-electron chi connectivity index (χ4n) is 3.03. The molecular formula is C22H16N2O3S. The quantitative estimate of drug-likeness (QED) is 0.555. The zero-order chi connectivity index (χ0) is 19.7. The number of aromatic carboxylic acids is 1. The van der Waals surface area contributed by atoms with Crippen LogP contribution in [0.2, 0.25) is 0 Å². The molecule has 5 nitrogen and oxygen atoms in total. The SMILES string of the molecule is Cc1ccccc1/C=C/c1cc(=O)n2c(-c3ccccc3)c(C(=O)O)sc2n1. The number of carbonyl (C=O) groups is 1. The summed E-state index contributed by atoms with van der Waals surface area (Å²) < 4.78 is 1.37. The number of rotatable bonds is 4. The third kappa shape index (κ3) is 3.25. The summed E-state index contributed by atoms with van der Waals surface area (Å²) in [6.07, 6.45) is 3.67. The minimum atomic E-state index is -1.08. The van der Waals surface area contributed by atoms with Crippen LogP contribution in [-0.4, -0.2) is 20.5 Å². The van der Waals surface area contributed by atoms with Gasteiger partial charge < -0.3 is 5.11 Å². The van der Waals surface area contributed by atoms with Crippen LogP contribution in [0.5, 0.6) is 0 Å². The van der Waals surface area contributed by atoms with Gasteiger partial charge in [0.25, 0.3) is 5.56 Å². The third-order valence-corrected chi connectivity index (χ3v) is 5.43. The van der Waals surface area contributed by atoms with Crippen molar-refractivity contribution in [2.24, 2.45) is 0 Å². The van der Waals surface area contributed by atoms with Crippen molar-refractivity contribution in [3.05, 3.63) is 92.7 Å². The predicted octanol–water partition coefficient (Wildman–Crippen LogP) is 4.60. The smallest absolute Gasteiger partial charge is 0.348 e. The Labute approximate surface area is 164 Å². The maximum absolute atomic E-state index is 12.8. The number of aryl methyl sites for hydroxylation is 1. The van der Waals surface area contributed by atoms with Gasteiger partial charge in [-0.25, -0.2) is 9.78 Å². The van der Waals surface area contributed by atoms with Gasteiger partial charge in [-0.2, -0.15) is 0 Å². The van der Waals surface area contributed by atoms with Gasteiger partial charge in [-0.15, -0.1) is 0 Å². The van der Waals surface area contributed by atoms with Crippen molar-refractivity contribution in [2.45, 2.75) is 6.92 Å². The minimum Gasteiger partial charge on any atom is -0.477 e. The average Bonchev–Trinajstić information content (AvgIpc) is 3.08. The molecule has 0 saturated carbocycles. The van der Waals surface area contributed by atoms with E-state index in [-0.39, 0.29) is 10.4 Å². The number of carboxylic acids is 1. The van der Waals surface area contributed by atoms with Gasteiger partial charge >= 0.3 is 5.97 Å². The van der Waals surface area contributed by atoms with E-state index in [1.807, 2.05) is 55.5 Å². The number of aromatic nitrogens is 2. The molecule has 0 unspecified atom stereocenters. The largest absolute Gasteiger partial charge is 0.477 e. The first-order valence-corrected chi connectivity index (χ1v) is 9.45. The zero-order valence-electron chi connectivity index (χ0n) is 15.0. The first-order chi connectivity index (χ1) is 13.5. The van der Waals surface area contributed by atoms with Crippen LogP contribution in [0.3, 0.4) is 0 Å². The summed E-state index contributed by atoms with van der Waals surface area (Å²) in [4.78, 5) is 29.5. The fraction of sp³-hybridized carbons (Fsp3) is 0.0455. The van der Waals surface area contributed by atoms with E-state index in [1.54, 1.807) is 18.2 Å². The highest BCUT2D eigenvalue weighted by Gasteiger charge is 2.21. The lowest BCUT2D eigenvalue weighted by molar-refractivity contribution is 0.0702. The van der Waals surface area contributed by atoms with Crippen molar-refractivity contribution in [1.82, 2.24) is 9.38 Å². The fourth-order valence-corrected chi connectivity index (χ4v) is 4.03. The van der Waals surface area contributed by atoms with Gasteiger partial charge in [0.1, 0.15) is 4.88 Å². The average molecular weight is 388 g/mol. The van der Waals surface area contributed by atoms with Crippen molar-refractivity contribution in [1.29, 1.82) is 0 Å². The summed E-state index contributed by atoms with van der Waals surface area (Å²) >= 11 is 0.998. The van der Waals surface area contributed by atoms with Gasteiger partial charge in [0.15, 0.2) is 4.96 Å². The first-order valence-electron chi connectivity index (χ1n) is 8.63. The van der Waals surface area contributed by atoms with Crippen molar-refractivity contribution >= 4 is 34.4 Å². The molecule has 28 heavy (non-hydrogen) atoms. The molecule has 2 heterocycles. The van der Waals surface area contributed by atoms with Crippen LogP contribution >= 0.6 is 11.3 Å². The Balaban J connectivity index is 1.88. The van der Waals surface area contributed by atoms with Gasteiger partial charge in [0.05, 0.1) is 11.4 Å². The van der Waals surface area contributed by atoms with E-state index < -0.39 is 5.97 Å². The second-order valence-electron chi connectivity index (χ2n) is 6.28. The van der Waals surface area contributed by atoms with Gasteiger partial charge in [0.2, 0.25) is 0 Å². The summed E-state index contributed by atoms with van der Waals surface area (Å²) in [5.74, 6) is -1.08. The molecule has 0 saturated heterocycles. The van der Waals surface area contributed by atoms with Crippen LogP contribution in [-0.2, 0) is 0 Å². The first kappa shape index (κ1) is 17.9. The van der Waals surface area contributed by atoms with Crippen LogP contribution in [0, 0.1) is 6.92 Å². The Hall–Kier alpha value is -3.51. The lowest BCUT2D eigenvalue weighted by atomic mass is 10.1. The molecule has 2 aromatic carbocycles. The molecule has 0 aliphatic heterocycles. The van der Waals surface area contributed by atoms with Crippen LogP contribution in [0.1, 0.15) is 26.5 Å². The molecule has 4 aromatic rings. The Morgan fingerprint density at radius 1 is 1.07 bits per heavy atom. The van der Waals surface area contributed by atoms with Gasteiger partial charge in [-0.3, -0.25) is 9.20 Å². The second-order valence-corrected chi connectivity index (χ2v) is 7.26. The van der Waals surface area contributed by atoms with E-state index in [1.165, 1.54) is 10.5 Å². The lowest BCUT2D eigenvalue weighted by Crippen LogP contribution is -2.14. The monoisotopic (exact) mass is 388 g/mol. The maximum Gasteiger partial charge on any atom is 0.348 e. The van der Waals surface area contributed by atoms with Gasteiger partial charge in [0, 0.05) is 11.6 Å². The number of hydrogen-bond donors (Lipinski definition) is 1. The summed E-state index contributed by atoms with van der Waals surface area (Å²) in [5, 5.41) is 9.62.